The lowest BCUT2D eigenvalue weighted by Gasteiger charge is -2.11. The molecule has 0 bridgehead atoms. The van der Waals surface area contributed by atoms with E-state index in [0.717, 1.165) is 17.1 Å². The standard InChI is InChI=1S/C13H14N4.BrH/c1-17(2)13-5-3-11(4-6-13)15-16-12-7-9-14-10-8-12;/h3-10H,1-2H3;1H. The molecule has 0 atom stereocenters. The number of pyridine rings is 1. The summed E-state index contributed by atoms with van der Waals surface area (Å²) in [6, 6.07) is 11.7. The van der Waals surface area contributed by atoms with Gasteiger partial charge in [0, 0.05) is 31.9 Å². The number of nitrogens with zero attached hydrogens (tertiary/aromatic N) is 3. The molecule has 0 spiro atoms. The molecule has 2 aromatic rings. The number of hydrogen-bond donors (Lipinski definition) is 0. The molecule has 0 fully saturated rings. The van der Waals surface area contributed by atoms with Gasteiger partial charge >= 0.3 is 0 Å². The molecular weight excluding hydrogens is 292 g/mol. The quantitative estimate of drug-likeness (QED) is 0.735. The largest absolute Gasteiger partial charge is 1.00 e. The van der Waals surface area contributed by atoms with Crippen LogP contribution in [0.2, 0.25) is 0 Å². The minimum atomic E-state index is 0. The Labute approximate surface area is 117 Å². The van der Waals surface area contributed by atoms with Gasteiger partial charge in [0.15, 0.2) is 12.4 Å². The van der Waals surface area contributed by atoms with Crippen LogP contribution in [-0.2, 0) is 0 Å². The fraction of sp³-hybridized carbons (Fsp3) is 0.154. The first-order valence-corrected chi connectivity index (χ1v) is 5.41. The van der Waals surface area contributed by atoms with E-state index >= 15 is 0 Å². The molecule has 18 heavy (non-hydrogen) atoms. The number of aromatic nitrogens is 1. The van der Waals surface area contributed by atoms with Crippen LogP contribution in [0, 0.1) is 0 Å². The van der Waals surface area contributed by atoms with E-state index in [2.05, 4.69) is 15.2 Å². The van der Waals surface area contributed by atoms with Crippen LogP contribution in [0.5, 0.6) is 0 Å². The second-order valence-corrected chi connectivity index (χ2v) is 3.87. The average Bonchev–Trinajstić information content (AvgIpc) is 2.38. The van der Waals surface area contributed by atoms with Gasteiger partial charge in [-0.25, -0.2) is 4.98 Å². The fourth-order valence-electron chi connectivity index (χ4n) is 1.38. The van der Waals surface area contributed by atoms with E-state index in [1.807, 2.05) is 67.8 Å². The van der Waals surface area contributed by atoms with Crippen molar-refractivity contribution in [3.8, 4) is 0 Å². The Morgan fingerprint density at radius 3 is 1.83 bits per heavy atom. The number of halogens is 1. The van der Waals surface area contributed by atoms with Gasteiger partial charge in [-0.3, -0.25) is 0 Å². The first-order chi connectivity index (χ1) is 8.25. The highest BCUT2D eigenvalue weighted by atomic mass is 79.9. The molecule has 5 heteroatoms. The molecule has 1 N–H and O–H groups in total. The third-order valence-electron chi connectivity index (χ3n) is 2.35. The lowest BCUT2D eigenvalue weighted by Crippen LogP contribution is -3.00. The van der Waals surface area contributed by atoms with Crippen LogP contribution in [-0.4, -0.2) is 14.1 Å². The Morgan fingerprint density at radius 2 is 1.33 bits per heavy atom. The van der Waals surface area contributed by atoms with Gasteiger partial charge in [-0.15, -0.1) is 0 Å². The molecule has 2 rings (SSSR count). The maximum atomic E-state index is 4.17. The predicted octanol–water partition coefficient (Wildman–Crippen LogP) is -0.0139. The highest BCUT2D eigenvalue weighted by molar-refractivity contribution is 5.51. The topological polar surface area (TPSA) is 42.1 Å². The third kappa shape index (κ3) is 3.92. The van der Waals surface area contributed by atoms with Crippen LogP contribution in [0.1, 0.15) is 0 Å². The van der Waals surface area contributed by atoms with Crippen molar-refractivity contribution >= 4 is 17.1 Å². The van der Waals surface area contributed by atoms with E-state index in [-0.39, 0.29) is 17.0 Å². The lowest BCUT2D eigenvalue weighted by molar-refractivity contribution is -0.377. The Balaban J connectivity index is 0.00000162. The van der Waals surface area contributed by atoms with Crippen molar-refractivity contribution in [3.05, 3.63) is 48.8 Å². The summed E-state index contributed by atoms with van der Waals surface area (Å²) >= 11 is 0. The monoisotopic (exact) mass is 306 g/mol. The molecule has 94 valence electrons. The highest BCUT2D eigenvalue weighted by Gasteiger charge is 1.95. The van der Waals surface area contributed by atoms with Crippen molar-refractivity contribution in [1.82, 2.24) is 0 Å². The van der Waals surface area contributed by atoms with E-state index in [9.17, 15) is 0 Å². The van der Waals surface area contributed by atoms with Gasteiger partial charge in [0.05, 0.1) is 11.4 Å². The fourth-order valence-corrected chi connectivity index (χ4v) is 1.38. The molecule has 0 aliphatic carbocycles. The Kier molecular flexibility index (Phi) is 5.45. The van der Waals surface area contributed by atoms with Crippen LogP contribution in [0.3, 0.4) is 0 Å². The maximum Gasteiger partial charge on any atom is 0.169 e. The van der Waals surface area contributed by atoms with Gasteiger partial charge in [-0.1, -0.05) is 0 Å². The molecule has 0 amide bonds. The van der Waals surface area contributed by atoms with Crippen LogP contribution >= 0.6 is 0 Å². The van der Waals surface area contributed by atoms with Gasteiger partial charge in [-0.2, -0.15) is 10.2 Å². The van der Waals surface area contributed by atoms with E-state index in [0.29, 0.717) is 0 Å². The van der Waals surface area contributed by atoms with Gasteiger partial charge in [0.1, 0.15) is 0 Å². The third-order valence-corrected chi connectivity index (χ3v) is 2.35. The summed E-state index contributed by atoms with van der Waals surface area (Å²) in [6.45, 7) is 0. The van der Waals surface area contributed by atoms with Crippen LogP contribution in [0.25, 0.3) is 0 Å². The summed E-state index contributed by atoms with van der Waals surface area (Å²) in [5, 5.41) is 8.31. The first-order valence-electron chi connectivity index (χ1n) is 5.41. The van der Waals surface area contributed by atoms with Crippen molar-refractivity contribution in [2.75, 3.05) is 19.0 Å². The molecule has 0 unspecified atom stereocenters. The molecule has 1 heterocycles. The summed E-state index contributed by atoms with van der Waals surface area (Å²) < 4.78 is 0. The van der Waals surface area contributed by atoms with E-state index < -0.39 is 0 Å². The van der Waals surface area contributed by atoms with Crippen molar-refractivity contribution < 1.29 is 22.0 Å². The summed E-state index contributed by atoms with van der Waals surface area (Å²) in [4.78, 5) is 4.99. The van der Waals surface area contributed by atoms with Crippen molar-refractivity contribution in [2.45, 2.75) is 0 Å². The zero-order valence-corrected chi connectivity index (χ0v) is 11.9. The number of anilines is 1. The smallest absolute Gasteiger partial charge is 0.169 e. The van der Waals surface area contributed by atoms with Crippen molar-refractivity contribution in [2.24, 2.45) is 10.2 Å². The normalized spacial score (nSPS) is 10.1. The Hall–Kier alpha value is -1.75. The second-order valence-electron chi connectivity index (χ2n) is 3.87. The summed E-state index contributed by atoms with van der Waals surface area (Å²) in [6.07, 6.45) is 3.65. The Bertz CT molecular complexity index is 494. The van der Waals surface area contributed by atoms with E-state index in [4.69, 9.17) is 0 Å². The number of H-pyrrole nitrogens is 1. The second kappa shape index (κ2) is 6.86. The molecule has 0 aliphatic rings. The number of hydrogen-bond acceptors (Lipinski definition) is 3. The molecule has 0 aliphatic heterocycles. The zero-order valence-electron chi connectivity index (χ0n) is 10.3. The lowest BCUT2D eigenvalue weighted by atomic mass is 10.3. The van der Waals surface area contributed by atoms with Crippen molar-refractivity contribution in [1.29, 1.82) is 0 Å². The molecule has 0 saturated heterocycles. The highest BCUT2D eigenvalue weighted by Crippen LogP contribution is 2.20. The van der Waals surface area contributed by atoms with E-state index in [1.165, 1.54) is 0 Å². The molecule has 1 aromatic heterocycles. The first kappa shape index (κ1) is 14.3. The summed E-state index contributed by atoms with van der Waals surface area (Å²) in [5.74, 6) is 0. The number of rotatable bonds is 3. The van der Waals surface area contributed by atoms with Crippen LogP contribution < -0.4 is 26.9 Å². The van der Waals surface area contributed by atoms with Gasteiger partial charge in [-0.05, 0) is 24.3 Å². The van der Waals surface area contributed by atoms with E-state index in [1.54, 1.807) is 0 Å². The summed E-state index contributed by atoms with van der Waals surface area (Å²) in [7, 11) is 4.02. The van der Waals surface area contributed by atoms with Crippen LogP contribution in [0.15, 0.2) is 59.0 Å². The molecule has 0 radical (unpaired) electrons. The zero-order chi connectivity index (χ0) is 12.1. The number of aromatic amines is 1. The molecular formula is C13H15BrN4. The predicted molar refractivity (Wildman–Crippen MR) is 67.9 cm³/mol. The SMILES string of the molecule is CN(C)c1ccc(N=Nc2cc[nH+]cc2)cc1.[Br-]. The summed E-state index contributed by atoms with van der Waals surface area (Å²) in [5.41, 5.74) is 2.84. The number of benzene rings is 1. The minimum absolute atomic E-state index is 0. The van der Waals surface area contributed by atoms with Crippen LogP contribution in [0.4, 0.5) is 17.1 Å². The molecule has 1 aromatic carbocycles. The van der Waals surface area contributed by atoms with Gasteiger partial charge < -0.3 is 21.9 Å². The molecule has 4 nitrogen and oxygen atoms in total. The molecule has 0 saturated carbocycles. The van der Waals surface area contributed by atoms with Gasteiger partial charge in [0.25, 0.3) is 0 Å². The number of nitrogens with one attached hydrogen (secondary N) is 1. The van der Waals surface area contributed by atoms with Crippen molar-refractivity contribution in [3.63, 3.8) is 0 Å². The maximum absolute atomic E-state index is 4.17. The Morgan fingerprint density at radius 1 is 0.833 bits per heavy atom. The number of azo groups is 1. The minimum Gasteiger partial charge on any atom is -1.00 e. The average molecular weight is 307 g/mol. The van der Waals surface area contributed by atoms with Gasteiger partial charge in [0.2, 0.25) is 0 Å².